The molecule has 0 rings (SSSR count). The van der Waals surface area contributed by atoms with E-state index >= 15 is 0 Å². The molecule has 1 atom stereocenters. The van der Waals surface area contributed by atoms with Crippen molar-refractivity contribution in [1.82, 2.24) is 0 Å². The van der Waals surface area contributed by atoms with E-state index in [1.165, 1.54) is 35.3 Å². The number of hydrogen-bond donors (Lipinski definition) is 0. The predicted molar refractivity (Wildman–Crippen MR) is 115 cm³/mol. The number of thioether (sulfide) groups is 4. The van der Waals surface area contributed by atoms with Gasteiger partial charge < -0.3 is 0 Å². The molecule has 0 aliphatic carbocycles. The number of carbonyl (C=O) groups is 3. The summed E-state index contributed by atoms with van der Waals surface area (Å²) in [5.41, 5.74) is 0.578. The highest BCUT2D eigenvalue weighted by atomic mass is 32.2. The maximum Gasteiger partial charge on any atom is 0.214 e. The molecule has 0 saturated heterocycles. The molecule has 0 aromatic carbocycles. The Morgan fingerprint density at radius 1 is 0.875 bits per heavy atom. The fourth-order valence-corrected chi connectivity index (χ4v) is 5.02. The summed E-state index contributed by atoms with van der Waals surface area (Å²) >= 11 is 5.60. The topological polar surface area (TPSA) is 51.2 Å². The van der Waals surface area contributed by atoms with E-state index in [0.29, 0.717) is 17.1 Å². The van der Waals surface area contributed by atoms with Crippen LogP contribution in [-0.4, -0.2) is 44.1 Å². The normalized spacial score (nSPS) is 11.7. The highest BCUT2D eigenvalue weighted by molar-refractivity contribution is 8.17. The van der Waals surface area contributed by atoms with Crippen LogP contribution in [0.2, 0.25) is 0 Å². The van der Waals surface area contributed by atoms with Crippen LogP contribution in [0.5, 0.6) is 0 Å². The monoisotopic (exact) mass is 410 g/mol. The molecule has 0 spiro atoms. The standard InChI is InChI=1S/C16H26O3S4.CH4/c1-11(2)14(17)21-7-6-20-10-13(5)16(19)23-9-8-22-15(18)12(3)4;/h12-13H,1,6-10H2,2-5H3;1H4. The number of rotatable bonds is 11. The van der Waals surface area contributed by atoms with Gasteiger partial charge in [0.25, 0.3) is 0 Å². The lowest BCUT2D eigenvalue weighted by Crippen LogP contribution is -2.12. The lowest BCUT2D eigenvalue weighted by Gasteiger charge is -2.09. The van der Waals surface area contributed by atoms with Crippen molar-refractivity contribution in [2.75, 3.05) is 28.8 Å². The summed E-state index contributed by atoms with van der Waals surface area (Å²) in [6.07, 6.45) is 0. The van der Waals surface area contributed by atoms with Crippen molar-refractivity contribution in [3.8, 4) is 0 Å². The van der Waals surface area contributed by atoms with Gasteiger partial charge in [-0.3, -0.25) is 14.4 Å². The summed E-state index contributed by atoms with van der Waals surface area (Å²) in [6, 6.07) is 0. The van der Waals surface area contributed by atoms with Crippen molar-refractivity contribution in [1.29, 1.82) is 0 Å². The Morgan fingerprint density at radius 2 is 1.38 bits per heavy atom. The minimum Gasteiger partial charge on any atom is -0.287 e. The highest BCUT2D eigenvalue weighted by Gasteiger charge is 2.14. The average molecular weight is 411 g/mol. The number of carbonyl (C=O) groups excluding carboxylic acids is 3. The first kappa shape index (κ1) is 26.4. The fourth-order valence-electron chi connectivity index (χ4n) is 1.24. The second-order valence-corrected chi connectivity index (χ2v) is 9.80. The molecule has 0 fully saturated rings. The average Bonchev–Trinajstić information content (AvgIpc) is 2.49. The van der Waals surface area contributed by atoms with E-state index in [0.717, 1.165) is 17.3 Å². The Bertz CT molecular complexity index is 422. The van der Waals surface area contributed by atoms with Gasteiger partial charge in [0.15, 0.2) is 10.2 Å². The summed E-state index contributed by atoms with van der Waals surface area (Å²) in [7, 11) is 0. The smallest absolute Gasteiger partial charge is 0.214 e. The summed E-state index contributed by atoms with van der Waals surface area (Å²) in [5.74, 6) is 3.78. The van der Waals surface area contributed by atoms with Gasteiger partial charge in [0.05, 0.1) is 0 Å². The molecule has 140 valence electrons. The van der Waals surface area contributed by atoms with Crippen LogP contribution >= 0.6 is 47.0 Å². The van der Waals surface area contributed by atoms with Crippen LogP contribution in [0.15, 0.2) is 12.2 Å². The van der Waals surface area contributed by atoms with Crippen molar-refractivity contribution < 1.29 is 14.4 Å². The maximum atomic E-state index is 12.0. The van der Waals surface area contributed by atoms with E-state index in [2.05, 4.69) is 6.58 Å². The largest absolute Gasteiger partial charge is 0.287 e. The molecular weight excluding hydrogens is 380 g/mol. The van der Waals surface area contributed by atoms with Gasteiger partial charge in [0.2, 0.25) is 5.12 Å². The van der Waals surface area contributed by atoms with E-state index < -0.39 is 0 Å². The highest BCUT2D eigenvalue weighted by Crippen LogP contribution is 2.20. The summed E-state index contributed by atoms with van der Waals surface area (Å²) < 4.78 is 0. The second-order valence-electron chi connectivity index (χ2n) is 5.38. The molecule has 3 nitrogen and oxygen atoms in total. The third-order valence-electron chi connectivity index (χ3n) is 2.62. The van der Waals surface area contributed by atoms with Crippen LogP contribution in [0.3, 0.4) is 0 Å². The molecule has 0 aromatic rings. The molecule has 0 saturated carbocycles. The van der Waals surface area contributed by atoms with E-state index in [-0.39, 0.29) is 34.6 Å². The molecule has 0 bridgehead atoms. The lowest BCUT2D eigenvalue weighted by atomic mass is 10.2. The van der Waals surface area contributed by atoms with Crippen LogP contribution in [-0.2, 0) is 14.4 Å². The van der Waals surface area contributed by atoms with Crippen molar-refractivity contribution in [3.63, 3.8) is 0 Å². The van der Waals surface area contributed by atoms with E-state index in [4.69, 9.17) is 0 Å². The minimum atomic E-state index is -0.00218. The Balaban J connectivity index is 0. The van der Waals surface area contributed by atoms with Gasteiger partial charge in [0, 0.05) is 40.6 Å². The Kier molecular flexibility index (Phi) is 16.9. The molecule has 0 aliphatic heterocycles. The Labute approximate surface area is 164 Å². The first-order valence-electron chi connectivity index (χ1n) is 7.49. The lowest BCUT2D eigenvalue weighted by molar-refractivity contribution is -0.114. The van der Waals surface area contributed by atoms with Crippen molar-refractivity contribution >= 4 is 62.4 Å². The molecule has 0 amide bonds. The van der Waals surface area contributed by atoms with Gasteiger partial charge in [-0.15, -0.1) is 0 Å². The fraction of sp³-hybridized carbons (Fsp3) is 0.706. The van der Waals surface area contributed by atoms with E-state index in [1.807, 2.05) is 20.8 Å². The van der Waals surface area contributed by atoms with Crippen LogP contribution in [0, 0.1) is 11.8 Å². The zero-order valence-corrected chi connectivity index (χ0v) is 17.5. The van der Waals surface area contributed by atoms with Gasteiger partial charge in [0.1, 0.15) is 0 Å². The van der Waals surface area contributed by atoms with Gasteiger partial charge in [-0.1, -0.05) is 70.1 Å². The zero-order valence-electron chi connectivity index (χ0n) is 14.3. The van der Waals surface area contributed by atoms with E-state index in [1.54, 1.807) is 18.7 Å². The SMILES string of the molecule is C.C=C(C)C(=O)SCCSCC(C)C(=O)SCCSC(=O)C(C)C. The molecular formula is C17H30O3S4. The third-order valence-corrected chi connectivity index (χ3v) is 7.65. The molecule has 7 heteroatoms. The first-order chi connectivity index (χ1) is 10.8. The predicted octanol–water partition coefficient (Wildman–Crippen LogP) is 5.00. The van der Waals surface area contributed by atoms with Gasteiger partial charge in [-0.2, -0.15) is 11.8 Å². The molecule has 0 aliphatic rings. The van der Waals surface area contributed by atoms with Gasteiger partial charge >= 0.3 is 0 Å². The maximum absolute atomic E-state index is 12.0. The first-order valence-corrected chi connectivity index (χ1v) is 11.6. The third kappa shape index (κ3) is 13.4. The molecule has 0 aromatic heterocycles. The van der Waals surface area contributed by atoms with Crippen LogP contribution in [0.1, 0.15) is 35.1 Å². The molecule has 0 heterocycles. The number of hydrogen-bond acceptors (Lipinski definition) is 7. The van der Waals surface area contributed by atoms with Crippen molar-refractivity contribution in [3.05, 3.63) is 12.2 Å². The Morgan fingerprint density at radius 3 is 1.88 bits per heavy atom. The molecule has 0 radical (unpaired) electrons. The van der Waals surface area contributed by atoms with Crippen molar-refractivity contribution in [2.45, 2.75) is 35.1 Å². The second kappa shape index (κ2) is 15.4. The van der Waals surface area contributed by atoms with Gasteiger partial charge in [-0.05, 0) is 12.5 Å². The summed E-state index contributed by atoms with van der Waals surface area (Å²) in [5, 5.41) is 0.406. The molecule has 1 unspecified atom stereocenters. The van der Waals surface area contributed by atoms with Crippen molar-refractivity contribution in [2.24, 2.45) is 11.8 Å². The van der Waals surface area contributed by atoms with Crippen LogP contribution < -0.4 is 0 Å². The molecule has 0 N–H and O–H groups in total. The summed E-state index contributed by atoms with van der Waals surface area (Å²) in [6.45, 7) is 11.0. The zero-order chi connectivity index (χ0) is 17.8. The summed E-state index contributed by atoms with van der Waals surface area (Å²) in [4.78, 5) is 34.8. The molecule has 24 heavy (non-hydrogen) atoms. The quantitative estimate of drug-likeness (QED) is 0.351. The minimum absolute atomic E-state index is 0. The van der Waals surface area contributed by atoms with Crippen LogP contribution in [0.4, 0.5) is 0 Å². The van der Waals surface area contributed by atoms with Gasteiger partial charge in [-0.25, -0.2) is 0 Å². The Hall–Kier alpha value is 0.150. The van der Waals surface area contributed by atoms with Crippen LogP contribution in [0.25, 0.3) is 0 Å². The van der Waals surface area contributed by atoms with E-state index in [9.17, 15) is 14.4 Å².